The van der Waals surface area contributed by atoms with E-state index in [4.69, 9.17) is 5.26 Å². The van der Waals surface area contributed by atoms with Crippen molar-refractivity contribution in [3.05, 3.63) is 70.1 Å². The first kappa shape index (κ1) is 12.9. The number of rotatable bonds is 2. The Morgan fingerprint density at radius 1 is 1.43 bits per heavy atom. The molecule has 0 fully saturated rings. The molecule has 0 amide bonds. The zero-order valence-corrected chi connectivity index (χ0v) is 10.9. The van der Waals surface area contributed by atoms with Crippen LogP contribution in [0, 0.1) is 21.4 Å². The largest absolute Gasteiger partial charge is 0.330 e. The van der Waals surface area contributed by atoms with E-state index in [9.17, 15) is 10.1 Å². The summed E-state index contributed by atoms with van der Waals surface area (Å²) in [5.41, 5.74) is 8.00. The number of nitrogens with zero attached hydrogens (tertiary/aromatic N) is 3. The maximum Gasteiger partial charge on any atom is 0.270 e. The third-order valence-corrected chi connectivity index (χ3v) is 3.25. The van der Waals surface area contributed by atoms with Crippen LogP contribution in [-0.4, -0.2) is 16.0 Å². The van der Waals surface area contributed by atoms with E-state index in [1.165, 1.54) is 12.1 Å². The number of hydrazine groups is 1. The summed E-state index contributed by atoms with van der Waals surface area (Å²) >= 11 is 0. The molecule has 0 radical (unpaired) electrons. The first-order chi connectivity index (χ1) is 10.2. The second-order valence-electron chi connectivity index (χ2n) is 4.54. The first-order valence-corrected chi connectivity index (χ1v) is 6.23. The van der Waals surface area contributed by atoms with Crippen molar-refractivity contribution in [2.24, 2.45) is 0 Å². The first-order valence-electron chi connectivity index (χ1n) is 6.23. The lowest BCUT2D eigenvalue weighted by Crippen LogP contribution is -2.52. The molecule has 7 heteroatoms. The Hall–Kier alpha value is -3.11. The Kier molecular flexibility index (Phi) is 3.14. The number of nitro benzene ring substituents is 1. The van der Waals surface area contributed by atoms with E-state index in [0.717, 1.165) is 0 Å². The molecule has 1 aromatic rings. The molecule has 7 nitrogen and oxygen atoms in total. The van der Waals surface area contributed by atoms with E-state index in [0.29, 0.717) is 16.8 Å². The van der Waals surface area contributed by atoms with E-state index in [1.54, 1.807) is 30.5 Å². The van der Waals surface area contributed by atoms with Crippen molar-refractivity contribution in [3.8, 4) is 6.07 Å². The topological polar surface area (TPSA) is 94.2 Å². The van der Waals surface area contributed by atoms with Crippen LogP contribution in [0.5, 0.6) is 0 Å². The lowest BCUT2D eigenvalue weighted by Gasteiger charge is -2.35. The van der Waals surface area contributed by atoms with Gasteiger partial charge in [0.05, 0.1) is 22.3 Å². The molecule has 0 spiro atoms. The number of hydrogen-bond donors (Lipinski definition) is 2. The van der Waals surface area contributed by atoms with Gasteiger partial charge in [-0.3, -0.25) is 10.1 Å². The van der Waals surface area contributed by atoms with Crippen LogP contribution < -0.4 is 10.9 Å². The highest BCUT2D eigenvalue weighted by Crippen LogP contribution is 2.24. The van der Waals surface area contributed by atoms with Gasteiger partial charge in [-0.25, -0.2) is 5.43 Å². The highest BCUT2D eigenvalue weighted by Gasteiger charge is 2.25. The van der Waals surface area contributed by atoms with Crippen molar-refractivity contribution >= 4 is 11.4 Å². The molecule has 0 saturated carbocycles. The highest BCUT2D eigenvalue weighted by molar-refractivity contribution is 5.66. The molecule has 21 heavy (non-hydrogen) atoms. The second-order valence-corrected chi connectivity index (χ2v) is 4.54. The maximum atomic E-state index is 10.8. The summed E-state index contributed by atoms with van der Waals surface area (Å²) in [6.07, 6.45) is 6.88. The molecule has 1 unspecified atom stereocenters. The average Bonchev–Trinajstić information content (AvgIpc) is 2.53. The number of fused-ring (bicyclic) bond motifs is 1. The van der Waals surface area contributed by atoms with Gasteiger partial charge in [-0.15, -0.1) is 0 Å². The summed E-state index contributed by atoms with van der Waals surface area (Å²) in [5.74, 6) is 0. The number of hydrogen-bond acceptors (Lipinski definition) is 6. The molecule has 1 aromatic carbocycles. The number of nitro groups is 1. The number of nitrogens with one attached hydrogen (secondary N) is 2. The molecule has 2 aliphatic heterocycles. The van der Waals surface area contributed by atoms with Crippen molar-refractivity contribution in [3.63, 3.8) is 0 Å². The van der Waals surface area contributed by atoms with Gasteiger partial charge in [0.25, 0.3) is 5.69 Å². The van der Waals surface area contributed by atoms with Crippen LogP contribution in [0.2, 0.25) is 0 Å². The van der Waals surface area contributed by atoms with Crippen LogP contribution in [0.1, 0.15) is 5.56 Å². The van der Waals surface area contributed by atoms with Gasteiger partial charge in [-0.05, 0) is 12.2 Å². The normalized spacial score (nSPS) is 19.8. The SMILES string of the molecule is N#CC1=CC=CN2C=C(c3cccc([N+](=O)[O-])c3)NNC12. The van der Waals surface area contributed by atoms with E-state index in [1.807, 2.05) is 11.1 Å². The molecular weight excluding hydrogens is 270 g/mol. The van der Waals surface area contributed by atoms with Crippen molar-refractivity contribution in [1.82, 2.24) is 15.8 Å². The lowest BCUT2D eigenvalue weighted by molar-refractivity contribution is -0.384. The summed E-state index contributed by atoms with van der Waals surface area (Å²) in [4.78, 5) is 12.2. The summed E-state index contributed by atoms with van der Waals surface area (Å²) in [6, 6.07) is 8.48. The molecule has 0 aliphatic carbocycles. The smallest absolute Gasteiger partial charge is 0.270 e. The van der Waals surface area contributed by atoms with Crippen LogP contribution in [0.15, 0.2) is 54.4 Å². The molecule has 1 atom stereocenters. The fourth-order valence-corrected chi connectivity index (χ4v) is 2.21. The molecular formula is C14H11N5O2. The van der Waals surface area contributed by atoms with Crippen LogP contribution in [-0.2, 0) is 0 Å². The Labute approximate surface area is 120 Å². The molecule has 3 rings (SSSR count). The number of non-ortho nitro benzene ring substituents is 1. The van der Waals surface area contributed by atoms with Crippen molar-refractivity contribution in [2.75, 3.05) is 0 Å². The minimum atomic E-state index is -0.430. The molecule has 0 bridgehead atoms. The fourth-order valence-electron chi connectivity index (χ4n) is 2.21. The van der Waals surface area contributed by atoms with Gasteiger partial charge in [0.15, 0.2) is 0 Å². The number of benzene rings is 1. The molecule has 2 N–H and O–H groups in total. The molecule has 0 saturated heterocycles. The third kappa shape index (κ3) is 2.35. The fraction of sp³-hybridized carbons (Fsp3) is 0.0714. The number of allylic oxidation sites excluding steroid dienone is 2. The Balaban J connectivity index is 1.92. The van der Waals surface area contributed by atoms with E-state index in [2.05, 4.69) is 16.9 Å². The second kappa shape index (κ2) is 5.11. The Bertz CT molecular complexity index is 729. The van der Waals surface area contributed by atoms with E-state index < -0.39 is 4.92 Å². The summed E-state index contributed by atoms with van der Waals surface area (Å²) in [6.45, 7) is 0. The minimum Gasteiger partial charge on any atom is -0.330 e. The van der Waals surface area contributed by atoms with Gasteiger partial charge in [0.1, 0.15) is 6.17 Å². The predicted molar refractivity (Wildman–Crippen MR) is 75.8 cm³/mol. The van der Waals surface area contributed by atoms with Gasteiger partial charge in [-0.2, -0.15) is 5.26 Å². The minimum absolute atomic E-state index is 0.0316. The zero-order valence-electron chi connectivity index (χ0n) is 10.9. The van der Waals surface area contributed by atoms with E-state index in [-0.39, 0.29) is 11.9 Å². The van der Waals surface area contributed by atoms with Crippen molar-refractivity contribution < 1.29 is 4.92 Å². The predicted octanol–water partition coefficient (Wildman–Crippen LogP) is 1.61. The van der Waals surface area contributed by atoms with Crippen LogP contribution in [0.25, 0.3) is 5.70 Å². The Morgan fingerprint density at radius 3 is 3.05 bits per heavy atom. The van der Waals surface area contributed by atoms with Gasteiger partial charge >= 0.3 is 0 Å². The highest BCUT2D eigenvalue weighted by atomic mass is 16.6. The summed E-state index contributed by atoms with van der Waals surface area (Å²) in [5, 5.41) is 19.9. The van der Waals surface area contributed by atoms with Crippen molar-refractivity contribution in [1.29, 1.82) is 5.26 Å². The third-order valence-electron chi connectivity index (χ3n) is 3.25. The summed E-state index contributed by atoms with van der Waals surface area (Å²) < 4.78 is 0. The Morgan fingerprint density at radius 2 is 2.29 bits per heavy atom. The average molecular weight is 281 g/mol. The molecule has 0 aromatic heterocycles. The maximum absolute atomic E-state index is 10.8. The number of nitriles is 1. The van der Waals surface area contributed by atoms with Crippen LogP contribution >= 0.6 is 0 Å². The molecule has 104 valence electrons. The van der Waals surface area contributed by atoms with Gasteiger partial charge < -0.3 is 10.3 Å². The monoisotopic (exact) mass is 281 g/mol. The van der Waals surface area contributed by atoms with E-state index >= 15 is 0 Å². The van der Waals surface area contributed by atoms with Crippen LogP contribution in [0.4, 0.5) is 5.69 Å². The molecule has 2 heterocycles. The van der Waals surface area contributed by atoms with Gasteiger partial charge in [-0.1, -0.05) is 12.1 Å². The zero-order chi connectivity index (χ0) is 14.8. The molecule has 2 aliphatic rings. The van der Waals surface area contributed by atoms with Crippen LogP contribution in [0.3, 0.4) is 0 Å². The van der Waals surface area contributed by atoms with Gasteiger partial charge in [0, 0.05) is 30.1 Å². The lowest BCUT2D eigenvalue weighted by atomic mass is 10.1. The van der Waals surface area contributed by atoms with Crippen molar-refractivity contribution in [2.45, 2.75) is 6.17 Å². The van der Waals surface area contributed by atoms with Gasteiger partial charge in [0.2, 0.25) is 0 Å². The summed E-state index contributed by atoms with van der Waals surface area (Å²) in [7, 11) is 0. The quantitative estimate of drug-likeness (QED) is 0.631. The standard InChI is InChI=1S/C14H11N5O2/c15-8-11-4-2-6-18-9-13(16-17-14(11)18)10-3-1-5-12(7-10)19(20)21/h1-7,9,14,16-17H.